The smallest absolute Gasteiger partial charge is 0.244 e. The lowest BCUT2D eigenvalue weighted by Gasteiger charge is -2.36. The van der Waals surface area contributed by atoms with E-state index in [0.717, 1.165) is 32.0 Å². The minimum Gasteiger partial charge on any atom is -0.356 e. The first-order chi connectivity index (χ1) is 11.4. The highest BCUT2D eigenvalue weighted by Crippen LogP contribution is 2.26. The molecule has 2 fully saturated rings. The van der Waals surface area contributed by atoms with Gasteiger partial charge in [-0.05, 0) is 37.4 Å². The van der Waals surface area contributed by atoms with Gasteiger partial charge in [-0.1, -0.05) is 13.8 Å². The third-order valence-corrected chi connectivity index (χ3v) is 6.90. The summed E-state index contributed by atoms with van der Waals surface area (Å²) in [4.78, 5) is 9.17. The van der Waals surface area contributed by atoms with Crippen LogP contribution in [0.4, 0.5) is 5.82 Å². The molecule has 24 heavy (non-hydrogen) atoms. The Morgan fingerprint density at radius 2 is 1.67 bits per heavy atom. The number of rotatable bonds is 3. The topological polar surface area (TPSA) is 56.8 Å². The Morgan fingerprint density at radius 3 is 2.21 bits per heavy atom. The van der Waals surface area contributed by atoms with E-state index in [1.54, 1.807) is 10.4 Å². The zero-order chi connectivity index (χ0) is 17.3. The molecular weight excluding hydrogens is 324 g/mol. The van der Waals surface area contributed by atoms with Gasteiger partial charge in [0.2, 0.25) is 10.0 Å². The molecule has 6 nitrogen and oxygen atoms in total. The molecule has 0 radical (unpaired) electrons. The Kier molecular flexibility index (Phi) is 5.13. The Bertz CT molecular complexity index is 644. The van der Waals surface area contributed by atoms with E-state index in [0.29, 0.717) is 29.8 Å². The zero-order valence-electron chi connectivity index (χ0n) is 14.9. The highest BCUT2D eigenvalue weighted by molar-refractivity contribution is 7.89. The van der Waals surface area contributed by atoms with Gasteiger partial charge in [0.25, 0.3) is 0 Å². The van der Waals surface area contributed by atoms with E-state index in [9.17, 15) is 8.42 Å². The van der Waals surface area contributed by atoms with E-state index in [4.69, 9.17) is 0 Å². The summed E-state index contributed by atoms with van der Waals surface area (Å²) in [6.45, 7) is 9.12. The number of hydrogen-bond donors (Lipinski definition) is 0. The largest absolute Gasteiger partial charge is 0.356 e. The first-order valence-electron chi connectivity index (χ1n) is 8.76. The number of piperazine rings is 1. The highest BCUT2D eigenvalue weighted by atomic mass is 32.2. The minimum absolute atomic E-state index is 0.300. The molecule has 2 saturated heterocycles. The fourth-order valence-corrected chi connectivity index (χ4v) is 5.11. The van der Waals surface area contributed by atoms with Crippen molar-refractivity contribution in [2.75, 3.05) is 51.2 Å². The molecular formula is C17H28N4O2S. The number of sulfonamides is 1. The van der Waals surface area contributed by atoms with Gasteiger partial charge < -0.3 is 9.80 Å². The van der Waals surface area contributed by atoms with Crippen molar-refractivity contribution in [1.82, 2.24) is 14.2 Å². The Balaban J connectivity index is 1.74. The second-order valence-corrected chi connectivity index (χ2v) is 9.35. The number of hydrogen-bond acceptors (Lipinski definition) is 5. The zero-order valence-corrected chi connectivity index (χ0v) is 15.7. The summed E-state index contributed by atoms with van der Waals surface area (Å²) < 4.78 is 27.0. The van der Waals surface area contributed by atoms with Crippen molar-refractivity contribution < 1.29 is 8.42 Å². The van der Waals surface area contributed by atoms with Crippen LogP contribution in [0, 0.1) is 11.8 Å². The van der Waals surface area contributed by atoms with Gasteiger partial charge in [0.15, 0.2) is 0 Å². The quantitative estimate of drug-likeness (QED) is 0.825. The normalized spacial score (nSPS) is 27.4. The van der Waals surface area contributed by atoms with Crippen LogP contribution in [-0.2, 0) is 10.0 Å². The summed E-state index contributed by atoms with van der Waals surface area (Å²) in [5.74, 6) is 2.17. The van der Waals surface area contributed by atoms with Crippen molar-refractivity contribution in [2.45, 2.75) is 25.2 Å². The summed E-state index contributed by atoms with van der Waals surface area (Å²) in [6, 6.07) is 3.56. The molecule has 0 unspecified atom stereocenters. The molecule has 0 bridgehead atoms. The SMILES string of the molecule is C[C@@H]1C[C@H](C)CN(c2ccc(S(=O)(=O)N3CCN(C)CC3)cn2)C1. The third-order valence-electron chi connectivity index (χ3n) is 5.01. The predicted molar refractivity (Wildman–Crippen MR) is 95.7 cm³/mol. The van der Waals surface area contributed by atoms with Crippen LogP contribution in [-0.4, -0.2) is 68.9 Å². The standard InChI is InChI=1S/C17H28N4O2S/c1-14-10-15(2)13-20(12-14)17-5-4-16(11-18-17)24(22,23)21-8-6-19(3)7-9-21/h4-5,11,14-15H,6-10,12-13H2,1-3H3/t14-,15+. The van der Waals surface area contributed by atoms with Gasteiger partial charge in [-0.3, -0.25) is 0 Å². The van der Waals surface area contributed by atoms with Crippen LogP contribution in [0.3, 0.4) is 0 Å². The van der Waals surface area contributed by atoms with Crippen LogP contribution < -0.4 is 4.90 Å². The van der Waals surface area contributed by atoms with Crippen LogP contribution >= 0.6 is 0 Å². The molecule has 0 amide bonds. The van der Waals surface area contributed by atoms with Crippen molar-refractivity contribution in [3.8, 4) is 0 Å². The number of likely N-dealkylation sites (N-methyl/N-ethyl adjacent to an activating group) is 1. The molecule has 0 aliphatic carbocycles. The predicted octanol–water partition coefficient (Wildman–Crippen LogP) is 1.50. The molecule has 2 aliphatic rings. The number of aromatic nitrogens is 1. The molecule has 1 aromatic heterocycles. The lowest BCUT2D eigenvalue weighted by molar-refractivity contribution is 0.222. The van der Waals surface area contributed by atoms with Crippen LogP contribution in [0.15, 0.2) is 23.2 Å². The van der Waals surface area contributed by atoms with Crippen molar-refractivity contribution >= 4 is 15.8 Å². The number of anilines is 1. The molecule has 3 rings (SSSR count). The van der Waals surface area contributed by atoms with Crippen LogP contribution in [0.5, 0.6) is 0 Å². The molecule has 0 spiro atoms. The molecule has 2 atom stereocenters. The monoisotopic (exact) mass is 352 g/mol. The molecule has 0 saturated carbocycles. The Morgan fingerprint density at radius 1 is 1.04 bits per heavy atom. The van der Waals surface area contributed by atoms with Gasteiger partial charge in [-0.15, -0.1) is 0 Å². The van der Waals surface area contributed by atoms with Gasteiger partial charge in [0, 0.05) is 45.5 Å². The molecule has 7 heteroatoms. The maximum Gasteiger partial charge on any atom is 0.244 e. The molecule has 1 aromatic rings. The number of piperidine rings is 1. The average Bonchev–Trinajstić information content (AvgIpc) is 2.54. The van der Waals surface area contributed by atoms with Gasteiger partial charge in [0.1, 0.15) is 10.7 Å². The van der Waals surface area contributed by atoms with Gasteiger partial charge in [-0.2, -0.15) is 4.31 Å². The number of pyridine rings is 1. The maximum absolute atomic E-state index is 12.7. The fourth-order valence-electron chi connectivity index (χ4n) is 3.74. The fraction of sp³-hybridized carbons (Fsp3) is 0.706. The summed E-state index contributed by atoms with van der Waals surface area (Å²) in [5.41, 5.74) is 0. The van der Waals surface area contributed by atoms with Gasteiger partial charge in [-0.25, -0.2) is 13.4 Å². The average molecular weight is 353 g/mol. The van der Waals surface area contributed by atoms with E-state index in [1.165, 1.54) is 12.6 Å². The Labute approximate surface area is 145 Å². The van der Waals surface area contributed by atoms with Crippen molar-refractivity contribution in [3.63, 3.8) is 0 Å². The van der Waals surface area contributed by atoms with Crippen LogP contribution in [0.1, 0.15) is 20.3 Å². The van der Waals surface area contributed by atoms with Crippen molar-refractivity contribution in [3.05, 3.63) is 18.3 Å². The van der Waals surface area contributed by atoms with Crippen molar-refractivity contribution in [2.24, 2.45) is 11.8 Å². The second-order valence-electron chi connectivity index (χ2n) is 7.41. The van der Waals surface area contributed by atoms with E-state index in [2.05, 4.69) is 28.6 Å². The third kappa shape index (κ3) is 3.73. The van der Waals surface area contributed by atoms with E-state index >= 15 is 0 Å². The van der Waals surface area contributed by atoms with Gasteiger partial charge in [0.05, 0.1) is 0 Å². The first kappa shape index (κ1) is 17.6. The van der Waals surface area contributed by atoms with Gasteiger partial charge >= 0.3 is 0 Å². The van der Waals surface area contributed by atoms with E-state index in [-0.39, 0.29) is 0 Å². The minimum atomic E-state index is -3.43. The Hall–Kier alpha value is -1.18. The molecule has 2 aliphatic heterocycles. The summed E-state index contributed by atoms with van der Waals surface area (Å²) in [7, 11) is -1.41. The molecule has 0 N–H and O–H groups in total. The molecule has 3 heterocycles. The lowest BCUT2D eigenvalue weighted by Crippen LogP contribution is -2.47. The number of nitrogens with zero attached hydrogens (tertiary/aromatic N) is 4. The van der Waals surface area contributed by atoms with Crippen molar-refractivity contribution in [1.29, 1.82) is 0 Å². The maximum atomic E-state index is 12.7. The summed E-state index contributed by atoms with van der Waals surface area (Å²) >= 11 is 0. The van der Waals surface area contributed by atoms with E-state index in [1.807, 2.05) is 13.1 Å². The molecule has 0 aromatic carbocycles. The second kappa shape index (κ2) is 6.98. The summed E-state index contributed by atoms with van der Waals surface area (Å²) in [5, 5.41) is 0. The lowest BCUT2D eigenvalue weighted by atomic mass is 9.92. The van der Waals surface area contributed by atoms with E-state index < -0.39 is 10.0 Å². The molecule has 134 valence electrons. The van der Waals surface area contributed by atoms with Crippen LogP contribution in [0.25, 0.3) is 0 Å². The van der Waals surface area contributed by atoms with Crippen LogP contribution in [0.2, 0.25) is 0 Å². The summed E-state index contributed by atoms with van der Waals surface area (Å²) in [6.07, 6.45) is 2.76. The first-order valence-corrected chi connectivity index (χ1v) is 10.2. The highest BCUT2D eigenvalue weighted by Gasteiger charge is 2.28.